The van der Waals surface area contributed by atoms with Crippen LogP contribution in [0.5, 0.6) is 0 Å². The van der Waals surface area contributed by atoms with Gasteiger partial charge in [0.1, 0.15) is 0 Å². The Morgan fingerprint density at radius 3 is 1.32 bits per heavy atom. The molecule has 5 nitrogen and oxygen atoms in total. The van der Waals surface area contributed by atoms with Gasteiger partial charge < -0.3 is 23.7 Å². The van der Waals surface area contributed by atoms with Crippen LogP contribution >= 0.6 is 0 Å². The van der Waals surface area contributed by atoms with Crippen molar-refractivity contribution in [3.05, 3.63) is 0 Å². The number of rotatable bonds is 15. The van der Waals surface area contributed by atoms with Gasteiger partial charge in [-0.15, -0.1) is 0 Å². The van der Waals surface area contributed by atoms with Crippen molar-refractivity contribution < 1.29 is 23.7 Å². The van der Waals surface area contributed by atoms with E-state index in [1.54, 1.807) is 7.11 Å². The monoisotopic (exact) mass is 278 g/mol. The summed E-state index contributed by atoms with van der Waals surface area (Å²) in [5, 5.41) is 0. The molecule has 0 fully saturated rings. The summed E-state index contributed by atoms with van der Waals surface area (Å²) >= 11 is 0. The SMILES string of the molecule is COCCOCCOCCOCCOCCC(C)C. The van der Waals surface area contributed by atoms with Gasteiger partial charge in [0.05, 0.1) is 52.9 Å². The highest BCUT2D eigenvalue weighted by Crippen LogP contribution is 1.98. The Balaban J connectivity index is 2.91. The topological polar surface area (TPSA) is 46.2 Å². The highest BCUT2D eigenvalue weighted by atomic mass is 16.6. The molecule has 0 aliphatic heterocycles. The van der Waals surface area contributed by atoms with E-state index in [4.69, 9.17) is 23.7 Å². The minimum Gasteiger partial charge on any atom is -0.382 e. The minimum absolute atomic E-state index is 0.595. The van der Waals surface area contributed by atoms with E-state index in [1.165, 1.54) is 0 Å². The van der Waals surface area contributed by atoms with Crippen molar-refractivity contribution in [3.63, 3.8) is 0 Å². The van der Waals surface area contributed by atoms with Gasteiger partial charge >= 0.3 is 0 Å². The molecule has 19 heavy (non-hydrogen) atoms. The lowest BCUT2D eigenvalue weighted by molar-refractivity contribution is -0.00843. The van der Waals surface area contributed by atoms with Crippen molar-refractivity contribution in [2.24, 2.45) is 5.92 Å². The molecule has 0 N–H and O–H groups in total. The van der Waals surface area contributed by atoms with E-state index < -0.39 is 0 Å². The van der Waals surface area contributed by atoms with Crippen LogP contribution in [0.15, 0.2) is 0 Å². The molecule has 0 bridgehead atoms. The van der Waals surface area contributed by atoms with Crippen LogP contribution in [0.2, 0.25) is 0 Å². The first-order chi connectivity index (χ1) is 9.27. The minimum atomic E-state index is 0.595. The molecular weight excluding hydrogens is 248 g/mol. The largest absolute Gasteiger partial charge is 0.382 e. The fraction of sp³-hybridized carbons (Fsp3) is 1.00. The summed E-state index contributed by atoms with van der Waals surface area (Å²) < 4.78 is 26.3. The Kier molecular flexibility index (Phi) is 15.7. The lowest BCUT2D eigenvalue weighted by Crippen LogP contribution is -2.13. The van der Waals surface area contributed by atoms with Gasteiger partial charge in [0.2, 0.25) is 0 Å². The summed E-state index contributed by atoms with van der Waals surface area (Å²) in [6.07, 6.45) is 1.10. The third-order valence-corrected chi connectivity index (χ3v) is 2.39. The molecule has 0 unspecified atom stereocenters. The fourth-order valence-corrected chi connectivity index (χ4v) is 1.22. The van der Waals surface area contributed by atoms with Gasteiger partial charge in [-0.2, -0.15) is 0 Å². The first kappa shape index (κ1) is 18.8. The van der Waals surface area contributed by atoms with Gasteiger partial charge in [-0.25, -0.2) is 0 Å². The van der Waals surface area contributed by atoms with Gasteiger partial charge in [0.25, 0.3) is 0 Å². The molecule has 0 aromatic rings. The van der Waals surface area contributed by atoms with Crippen molar-refractivity contribution in [1.29, 1.82) is 0 Å². The first-order valence-electron chi connectivity index (χ1n) is 7.07. The molecular formula is C14H30O5. The maximum absolute atomic E-state index is 5.43. The molecule has 0 heterocycles. The fourth-order valence-electron chi connectivity index (χ4n) is 1.22. The van der Waals surface area contributed by atoms with Crippen LogP contribution < -0.4 is 0 Å². The quantitative estimate of drug-likeness (QED) is 0.427. The van der Waals surface area contributed by atoms with E-state index in [2.05, 4.69) is 13.8 Å². The molecule has 116 valence electrons. The van der Waals surface area contributed by atoms with E-state index in [0.717, 1.165) is 13.0 Å². The van der Waals surface area contributed by atoms with Crippen LogP contribution in [0.1, 0.15) is 20.3 Å². The van der Waals surface area contributed by atoms with Crippen molar-refractivity contribution >= 4 is 0 Å². The zero-order valence-electron chi connectivity index (χ0n) is 12.7. The Morgan fingerprint density at radius 2 is 0.947 bits per heavy atom. The van der Waals surface area contributed by atoms with Crippen LogP contribution in [-0.2, 0) is 23.7 Å². The highest BCUT2D eigenvalue weighted by Gasteiger charge is 1.94. The maximum atomic E-state index is 5.43. The molecule has 0 spiro atoms. The molecule has 0 atom stereocenters. The van der Waals surface area contributed by atoms with E-state index in [1.807, 2.05) is 0 Å². The molecule has 0 saturated heterocycles. The molecule has 0 aromatic heterocycles. The van der Waals surface area contributed by atoms with Crippen LogP contribution in [0.3, 0.4) is 0 Å². The average Bonchev–Trinajstić information content (AvgIpc) is 2.39. The molecule has 0 radical (unpaired) electrons. The third kappa shape index (κ3) is 17.8. The zero-order chi connectivity index (χ0) is 14.2. The molecule has 0 aliphatic rings. The summed E-state index contributed by atoms with van der Waals surface area (Å²) in [6.45, 7) is 10.1. The molecule has 0 aromatic carbocycles. The van der Waals surface area contributed by atoms with Crippen LogP contribution in [0.4, 0.5) is 0 Å². The summed E-state index contributed by atoms with van der Waals surface area (Å²) in [5.41, 5.74) is 0. The number of hydrogen-bond donors (Lipinski definition) is 0. The Labute approximate surface area is 117 Å². The van der Waals surface area contributed by atoms with Gasteiger partial charge in [0, 0.05) is 13.7 Å². The van der Waals surface area contributed by atoms with Crippen molar-refractivity contribution in [2.75, 3.05) is 66.6 Å². The van der Waals surface area contributed by atoms with Crippen molar-refractivity contribution in [1.82, 2.24) is 0 Å². The Bertz CT molecular complexity index is 164. The summed E-state index contributed by atoms with van der Waals surface area (Å²) in [6, 6.07) is 0. The van der Waals surface area contributed by atoms with Gasteiger partial charge in [-0.3, -0.25) is 0 Å². The molecule has 0 amide bonds. The van der Waals surface area contributed by atoms with Crippen molar-refractivity contribution in [2.45, 2.75) is 20.3 Å². The summed E-state index contributed by atoms with van der Waals surface area (Å²) in [4.78, 5) is 0. The van der Waals surface area contributed by atoms with Crippen molar-refractivity contribution in [3.8, 4) is 0 Å². The van der Waals surface area contributed by atoms with E-state index in [9.17, 15) is 0 Å². The maximum Gasteiger partial charge on any atom is 0.0701 e. The second-order valence-electron chi connectivity index (χ2n) is 4.62. The van der Waals surface area contributed by atoms with Gasteiger partial charge in [-0.05, 0) is 12.3 Å². The normalized spacial score (nSPS) is 11.4. The number of ether oxygens (including phenoxy) is 5. The molecule has 5 heteroatoms. The molecule has 0 rings (SSSR count). The standard InChI is InChI=1S/C14H30O5/c1-14(2)4-5-16-8-9-18-12-13-19-11-10-17-7-6-15-3/h14H,4-13H2,1-3H3. The van der Waals surface area contributed by atoms with E-state index in [0.29, 0.717) is 58.8 Å². The number of methoxy groups -OCH3 is 1. The smallest absolute Gasteiger partial charge is 0.0701 e. The third-order valence-electron chi connectivity index (χ3n) is 2.39. The summed E-state index contributed by atoms with van der Waals surface area (Å²) in [5.74, 6) is 0.695. The lowest BCUT2D eigenvalue weighted by atomic mass is 10.1. The van der Waals surface area contributed by atoms with Gasteiger partial charge in [-0.1, -0.05) is 13.8 Å². The van der Waals surface area contributed by atoms with Crippen LogP contribution in [0.25, 0.3) is 0 Å². The zero-order valence-corrected chi connectivity index (χ0v) is 12.7. The average molecular weight is 278 g/mol. The Hall–Kier alpha value is -0.200. The highest BCUT2D eigenvalue weighted by molar-refractivity contribution is 4.42. The Morgan fingerprint density at radius 1 is 0.579 bits per heavy atom. The number of hydrogen-bond acceptors (Lipinski definition) is 5. The molecule has 0 aliphatic carbocycles. The lowest BCUT2D eigenvalue weighted by Gasteiger charge is -2.08. The van der Waals surface area contributed by atoms with Gasteiger partial charge in [0.15, 0.2) is 0 Å². The van der Waals surface area contributed by atoms with Crippen LogP contribution in [-0.4, -0.2) is 66.6 Å². The predicted octanol–water partition coefficient (Wildman–Crippen LogP) is 1.75. The second-order valence-corrected chi connectivity index (χ2v) is 4.62. The molecule has 0 saturated carbocycles. The van der Waals surface area contributed by atoms with E-state index >= 15 is 0 Å². The predicted molar refractivity (Wildman–Crippen MR) is 74.6 cm³/mol. The second kappa shape index (κ2) is 15.9. The summed E-state index contributed by atoms with van der Waals surface area (Å²) in [7, 11) is 1.66. The first-order valence-corrected chi connectivity index (χ1v) is 7.07. The van der Waals surface area contributed by atoms with E-state index in [-0.39, 0.29) is 0 Å². The van der Waals surface area contributed by atoms with Crippen LogP contribution in [0, 0.1) is 5.92 Å².